The minimum absolute atomic E-state index is 0.183. The smallest absolute Gasteiger partial charge is 0.322 e. The summed E-state index contributed by atoms with van der Waals surface area (Å²) in [7, 11) is 0. The Hall–Kier alpha value is -0.620. The molecule has 0 saturated carbocycles. The number of hydrogen-bond acceptors (Lipinski definition) is 4. The number of carbonyl (C=O) groups is 2. The molecule has 0 aromatic heterocycles. The third-order valence-electron chi connectivity index (χ3n) is 0.843. The molecule has 0 rings (SSSR count). The van der Waals surface area contributed by atoms with Gasteiger partial charge in [-0.2, -0.15) is 0 Å². The van der Waals surface area contributed by atoms with Crippen molar-refractivity contribution in [3.63, 3.8) is 0 Å². The first-order chi connectivity index (χ1) is 5.52. The summed E-state index contributed by atoms with van der Waals surface area (Å²) in [6, 6.07) is 0. The molecule has 4 nitrogen and oxygen atoms in total. The molecule has 0 aromatic carbocycles. The highest BCUT2D eigenvalue weighted by atomic mass is 32.2. The van der Waals surface area contributed by atoms with Crippen LogP contribution in [0.15, 0.2) is 0 Å². The monoisotopic (exact) mass is 207 g/mol. The molecule has 68 valence electrons. The van der Waals surface area contributed by atoms with Crippen LogP contribution in [0.4, 0.5) is 0 Å². The Morgan fingerprint density at radius 1 is 1.58 bits per heavy atom. The Kier molecular flexibility index (Phi) is 5.65. The summed E-state index contributed by atoms with van der Waals surface area (Å²) in [5.74, 6) is -1.18. The molecule has 0 atom stereocenters. The molecule has 0 bridgehead atoms. The van der Waals surface area contributed by atoms with E-state index in [2.05, 4.69) is 5.32 Å². The molecule has 0 aromatic rings. The fourth-order valence-electron chi connectivity index (χ4n) is 0.392. The molecule has 0 fully saturated rings. The van der Waals surface area contributed by atoms with E-state index >= 15 is 0 Å². The van der Waals surface area contributed by atoms with Crippen molar-refractivity contribution >= 4 is 40.1 Å². The van der Waals surface area contributed by atoms with Crippen molar-refractivity contribution in [1.29, 1.82) is 0 Å². The molecule has 2 N–H and O–H groups in total. The van der Waals surface area contributed by atoms with Crippen LogP contribution in [0.3, 0.4) is 0 Å². The third-order valence-corrected chi connectivity index (χ3v) is 2.01. The number of carboxylic acids is 1. The molecular weight excluding hydrogens is 198 g/mol. The lowest BCUT2D eigenvalue weighted by Crippen LogP contribution is -2.30. The van der Waals surface area contributed by atoms with Crippen molar-refractivity contribution in [2.45, 2.75) is 6.92 Å². The summed E-state index contributed by atoms with van der Waals surface area (Å²) < 4.78 is 0.667. The predicted molar refractivity (Wildman–Crippen MR) is 51.4 cm³/mol. The number of rotatable bonds is 4. The van der Waals surface area contributed by atoms with Gasteiger partial charge < -0.3 is 10.4 Å². The minimum Gasteiger partial charge on any atom is -0.480 e. The SMILES string of the molecule is CC(=S)SCC(=O)NCC(=O)O. The van der Waals surface area contributed by atoms with E-state index in [1.54, 1.807) is 6.92 Å². The van der Waals surface area contributed by atoms with Gasteiger partial charge in [-0.15, -0.1) is 11.8 Å². The zero-order valence-electron chi connectivity index (χ0n) is 6.49. The highest BCUT2D eigenvalue weighted by Gasteiger charge is 2.03. The molecule has 0 saturated heterocycles. The van der Waals surface area contributed by atoms with Crippen LogP contribution >= 0.6 is 24.0 Å². The van der Waals surface area contributed by atoms with E-state index in [9.17, 15) is 9.59 Å². The second-order valence-corrected chi connectivity index (χ2v) is 4.01. The Bertz CT molecular complexity index is 185. The number of amides is 1. The van der Waals surface area contributed by atoms with Crippen LogP contribution in [-0.4, -0.2) is 33.5 Å². The average molecular weight is 207 g/mol. The Balaban J connectivity index is 3.47. The topological polar surface area (TPSA) is 66.4 Å². The molecule has 0 spiro atoms. The van der Waals surface area contributed by atoms with Crippen molar-refractivity contribution in [2.24, 2.45) is 0 Å². The van der Waals surface area contributed by atoms with Crippen LogP contribution in [-0.2, 0) is 9.59 Å². The maximum absolute atomic E-state index is 10.8. The number of thiocarbonyl (C=S) groups is 1. The highest BCUT2D eigenvalue weighted by Crippen LogP contribution is 2.01. The van der Waals surface area contributed by atoms with Crippen LogP contribution in [0, 0.1) is 0 Å². The van der Waals surface area contributed by atoms with Gasteiger partial charge in [-0.05, 0) is 6.92 Å². The maximum atomic E-state index is 10.8. The van der Waals surface area contributed by atoms with Crippen molar-refractivity contribution in [2.75, 3.05) is 12.3 Å². The van der Waals surface area contributed by atoms with E-state index in [1.165, 1.54) is 11.8 Å². The number of hydrogen-bond donors (Lipinski definition) is 2. The lowest BCUT2D eigenvalue weighted by molar-refractivity contribution is -0.137. The molecule has 6 heteroatoms. The normalized spacial score (nSPS) is 9.08. The lowest BCUT2D eigenvalue weighted by Gasteiger charge is -1.99. The van der Waals surface area contributed by atoms with E-state index in [0.717, 1.165) is 0 Å². The number of carbonyl (C=O) groups excluding carboxylic acids is 1. The molecule has 0 aliphatic heterocycles. The first-order valence-corrected chi connectivity index (χ1v) is 4.53. The Morgan fingerprint density at radius 2 is 2.17 bits per heavy atom. The number of aliphatic carboxylic acids is 1. The van der Waals surface area contributed by atoms with Gasteiger partial charge in [0.1, 0.15) is 6.54 Å². The molecule has 12 heavy (non-hydrogen) atoms. The van der Waals surface area contributed by atoms with Crippen LogP contribution in [0.1, 0.15) is 6.92 Å². The van der Waals surface area contributed by atoms with Crippen LogP contribution in [0.2, 0.25) is 0 Å². The summed E-state index contributed by atoms with van der Waals surface area (Å²) in [5.41, 5.74) is 0. The lowest BCUT2D eigenvalue weighted by atomic mass is 10.6. The van der Waals surface area contributed by atoms with Crippen molar-refractivity contribution < 1.29 is 14.7 Å². The predicted octanol–water partition coefficient (Wildman–Crippen LogP) is 0.268. The molecule has 1 amide bonds. The summed E-state index contributed by atoms with van der Waals surface area (Å²) in [6.45, 7) is 1.38. The van der Waals surface area contributed by atoms with Gasteiger partial charge >= 0.3 is 5.97 Å². The molecule has 0 radical (unpaired) electrons. The molecule has 0 unspecified atom stereocenters. The first-order valence-electron chi connectivity index (χ1n) is 3.14. The van der Waals surface area contributed by atoms with E-state index in [-0.39, 0.29) is 18.2 Å². The van der Waals surface area contributed by atoms with Crippen LogP contribution < -0.4 is 5.32 Å². The molecular formula is C6H9NO3S2. The van der Waals surface area contributed by atoms with Crippen molar-refractivity contribution in [3.05, 3.63) is 0 Å². The molecule has 0 heterocycles. The van der Waals surface area contributed by atoms with E-state index < -0.39 is 5.97 Å². The third kappa shape index (κ3) is 7.49. The second-order valence-electron chi connectivity index (χ2n) is 1.95. The quantitative estimate of drug-likeness (QED) is 0.648. The van der Waals surface area contributed by atoms with E-state index in [4.69, 9.17) is 17.3 Å². The highest BCUT2D eigenvalue weighted by molar-refractivity contribution is 8.23. The van der Waals surface area contributed by atoms with Gasteiger partial charge in [-0.3, -0.25) is 9.59 Å². The van der Waals surface area contributed by atoms with Gasteiger partial charge in [0.05, 0.1) is 5.75 Å². The molecule has 0 aliphatic carbocycles. The second kappa shape index (κ2) is 5.96. The fraction of sp³-hybridized carbons (Fsp3) is 0.500. The largest absolute Gasteiger partial charge is 0.480 e. The van der Waals surface area contributed by atoms with Crippen molar-refractivity contribution in [1.82, 2.24) is 5.32 Å². The maximum Gasteiger partial charge on any atom is 0.322 e. The summed E-state index contributed by atoms with van der Waals surface area (Å²) in [6.07, 6.45) is 0. The average Bonchev–Trinajstić information content (AvgIpc) is 1.96. The number of thioether (sulfide) groups is 1. The van der Waals surface area contributed by atoms with Crippen molar-refractivity contribution in [3.8, 4) is 0 Å². The zero-order valence-corrected chi connectivity index (χ0v) is 8.13. The number of carboxylic acid groups (broad SMARTS) is 1. The van der Waals surface area contributed by atoms with E-state index in [0.29, 0.717) is 4.20 Å². The van der Waals surface area contributed by atoms with Crippen LogP contribution in [0.25, 0.3) is 0 Å². The first kappa shape index (κ1) is 11.4. The fourth-order valence-corrected chi connectivity index (χ4v) is 1.01. The standard InChI is InChI=1S/C6H9NO3S2/c1-4(11)12-3-5(8)7-2-6(9)10/h2-3H2,1H3,(H,7,8)(H,9,10). The van der Waals surface area contributed by atoms with Crippen LogP contribution in [0.5, 0.6) is 0 Å². The van der Waals surface area contributed by atoms with Gasteiger partial charge in [0, 0.05) is 4.20 Å². The van der Waals surface area contributed by atoms with Gasteiger partial charge in [0.2, 0.25) is 5.91 Å². The van der Waals surface area contributed by atoms with Gasteiger partial charge in [0.25, 0.3) is 0 Å². The Labute approximate surface area is 79.7 Å². The summed E-state index contributed by atoms with van der Waals surface area (Å²) in [4.78, 5) is 20.8. The summed E-state index contributed by atoms with van der Waals surface area (Å²) >= 11 is 5.93. The van der Waals surface area contributed by atoms with Gasteiger partial charge in [0.15, 0.2) is 0 Å². The van der Waals surface area contributed by atoms with Gasteiger partial charge in [-0.1, -0.05) is 12.2 Å². The minimum atomic E-state index is -1.05. The molecule has 0 aliphatic rings. The summed E-state index contributed by atoms with van der Waals surface area (Å²) in [5, 5.41) is 10.4. The number of nitrogens with one attached hydrogen (secondary N) is 1. The van der Waals surface area contributed by atoms with E-state index in [1.807, 2.05) is 0 Å². The van der Waals surface area contributed by atoms with Gasteiger partial charge in [-0.25, -0.2) is 0 Å². The zero-order chi connectivity index (χ0) is 9.56. The Morgan fingerprint density at radius 3 is 2.58 bits per heavy atom.